The van der Waals surface area contributed by atoms with Gasteiger partial charge >= 0.3 is 5.97 Å². The molecule has 0 radical (unpaired) electrons. The molecule has 1 atom stereocenters. The van der Waals surface area contributed by atoms with E-state index in [0.717, 1.165) is 40.7 Å². The van der Waals surface area contributed by atoms with E-state index in [2.05, 4.69) is 39.4 Å². The average Bonchev–Trinajstić information content (AvgIpc) is 2.65. The fourth-order valence-corrected chi connectivity index (χ4v) is 4.41. The second-order valence-electron chi connectivity index (χ2n) is 8.64. The van der Waals surface area contributed by atoms with E-state index in [0.29, 0.717) is 11.3 Å². The summed E-state index contributed by atoms with van der Waals surface area (Å²) in [6, 6.07) is 12.4. The molecule has 29 heavy (non-hydrogen) atoms. The molecule has 2 aliphatic rings. The fourth-order valence-electron chi connectivity index (χ4n) is 4.03. The van der Waals surface area contributed by atoms with E-state index in [1.165, 1.54) is 11.3 Å². The highest BCUT2D eigenvalue weighted by Gasteiger charge is 2.36. The Morgan fingerprint density at radius 1 is 1.21 bits per heavy atom. The molecule has 0 aromatic heterocycles. The van der Waals surface area contributed by atoms with Crippen LogP contribution in [0.5, 0.6) is 5.75 Å². The highest BCUT2D eigenvalue weighted by Crippen LogP contribution is 2.45. The van der Waals surface area contributed by atoms with Crippen LogP contribution in [0.4, 0.5) is 5.69 Å². The number of rotatable bonds is 2. The number of hydrogen-bond donors (Lipinski definition) is 1. The molecule has 2 aromatic carbocycles. The van der Waals surface area contributed by atoms with Gasteiger partial charge in [-0.1, -0.05) is 28.1 Å². The quantitative estimate of drug-likeness (QED) is 0.568. The van der Waals surface area contributed by atoms with Crippen LogP contribution in [0, 0.1) is 0 Å². The Balaban J connectivity index is 1.86. The number of halogens is 1. The molecule has 5 heteroatoms. The van der Waals surface area contributed by atoms with Crippen molar-refractivity contribution in [2.75, 3.05) is 11.9 Å². The van der Waals surface area contributed by atoms with E-state index in [9.17, 15) is 4.79 Å². The molecule has 0 saturated heterocycles. The third kappa shape index (κ3) is 4.06. The summed E-state index contributed by atoms with van der Waals surface area (Å²) in [5.41, 5.74) is 4.50. The Bertz CT molecular complexity index is 1000. The number of carbonyl (C=O) groups is 1. The Morgan fingerprint density at radius 2 is 2.00 bits per heavy atom. The lowest BCUT2D eigenvalue weighted by Crippen LogP contribution is -2.30. The predicted octanol–water partition coefficient (Wildman–Crippen LogP) is 5.95. The Morgan fingerprint density at radius 3 is 2.76 bits per heavy atom. The van der Waals surface area contributed by atoms with E-state index in [4.69, 9.17) is 9.47 Å². The summed E-state index contributed by atoms with van der Waals surface area (Å²) in [4.78, 5) is 13.2. The van der Waals surface area contributed by atoms with Gasteiger partial charge in [-0.3, -0.25) is 0 Å². The van der Waals surface area contributed by atoms with Crippen molar-refractivity contribution in [3.8, 4) is 5.75 Å². The lowest BCUT2D eigenvalue weighted by atomic mass is 9.81. The van der Waals surface area contributed by atoms with Crippen LogP contribution in [0.25, 0.3) is 0 Å². The van der Waals surface area contributed by atoms with Gasteiger partial charge in [0.15, 0.2) is 0 Å². The molecule has 0 unspecified atom stereocenters. The van der Waals surface area contributed by atoms with E-state index in [1.54, 1.807) is 0 Å². The zero-order valence-corrected chi connectivity index (χ0v) is 18.9. The maximum atomic E-state index is 13.2. The molecule has 1 N–H and O–H groups in total. The number of allylic oxidation sites excluding steroid dienone is 1. The van der Waals surface area contributed by atoms with Gasteiger partial charge in [-0.15, -0.1) is 0 Å². The number of aryl methyl sites for hydroxylation is 1. The molecule has 0 aliphatic carbocycles. The third-order valence-corrected chi connectivity index (χ3v) is 5.73. The number of carbonyl (C=O) groups excluding carboxylic acids is 1. The molecule has 2 aliphatic heterocycles. The first-order chi connectivity index (χ1) is 13.7. The number of nitrogens with one attached hydrogen (secondary N) is 1. The fraction of sp³-hybridized carbons (Fsp3) is 0.375. The van der Waals surface area contributed by atoms with E-state index >= 15 is 0 Å². The zero-order valence-electron chi connectivity index (χ0n) is 17.3. The summed E-state index contributed by atoms with van der Waals surface area (Å²) < 4.78 is 12.8. The summed E-state index contributed by atoms with van der Waals surface area (Å²) in [5, 5.41) is 3.46. The van der Waals surface area contributed by atoms with Gasteiger partial charge in [-0.25, -0.2) is 4.79 Å². The van der Waals surface area contributed by atoms with Gasteiger partial charge in [0.05, 0.1) is 5.57 Å². The SMILES string of the molecule is CC1=C(C(=O)OC(C)(C)C)[C@H](c2ccc3c(c2)CCCN3)c2cc(Br)ccc2O1. The van der Waals surface area contributed by atoms with Crippen molar-refractivity contribution >= 4 is 27.6 Å². The van der Waals surface area contributed by atoms with Gasteiger partial charge in [0, 0.05) is 28.2 Å². The van der Waals surface area contributed by atoms with Gasteiger partial charge in [-0.05, 0) is 75.9 Å². The minimum atomic E-state index is -0.577. The molecular formula is C24H26BrNO3. The number of anilines is 1. The van der Waals surface area contributed by atoms with Crippen LogP contribution < -0.4 is 10.1 Å². The standard InChI is InChI=1S/C24H26BrNO3/c1-14-21(23(27)29-24(2,3)4)22(18-13-17(25)8-10-20(18)28-14)16-7-9-19-15(12-16)6-5-11-26-19/h7-10,12-13,22,26H,5-6,11H2,1-4H3/t22-/m1/s1. The van der Waals surface area contributed by atoms with Crippen LogP contribution in [-0.2, 0) is 16.0 Å². The topological polar surface area (TPSA) is 47.6 Å². The van der Waals surface area contributed by atoms with Gasteiger partial charge in [0.25, 0.3) is 0 Å². The number of fused-ring (bicyclic) bond motifs is 2. The molecule has 4 nitrogen and oxygen atoms in total. The van der Waals surface area contributed by atoms with Gasteiger partial charge in [0.1, 0.15) is 17.1 Å². The maximum Gasteiger partial charge on any atom is 0.338 e. The molecule has 4 rings (SSSR count). The number of ether oxygens (including phenoxy) is 2. The van der Waals surface area contributed by atoms with Crippen LogP contribution in [0.3, 0.4) is 0 Å². The first-order valence-electron chi connectivity index (χ1n) is 10.0. The van der Waals surface area contributed by atoms with Crippen LogP contribution in [0.1, 0.15) is 56.7 Å². The summed E-state index contributed by atoms with van der Waals surface area (Å²) in [5.74, 6) is 0.800. The summed E-state index contributed by atoms with van der Waals surface area (Å²) in [7, 11) is 0. The van der Waals surface area contributed by atoms with Crippen molar-refractivity contribution in [1.82, 2.24) is 0 Å². The monoisotopic (exact) mass is 455 g/mol. The van der Waals surface area contributed by atoms with Crippen molar-refractivity contribution in [2.45, 2.75) is 52.1 Å². The molecule has 0 amide bonds. The van der Waals surface area contributed by atoms with E-state index < -0.39 is 5.60 Å². The van der Waals surface area contributed by atoms with Crippen molar-refractivity contribution in [2.24, 2.45) is 0 Å². The summed E-state index contributed by atoms with van der Waals surface area (Å²) in [6.07, 6.45) is 2.15. The summed E-state index contributed by atoms with van der Waals surface area (Å²) >= 11 is 3.57. The smallest absolute Gasteiger partial charge is 0.338 e. The minimum absolute atomic E-state index is 0.238. The minimum Gasteiger partial charge on any atom is -0.461 e. The van der Waals surface area contributed by atoms with E-state index in [1.807, 2.05) is 45.9 Å². The Labute approximate surface area is 180 Å². The average molecular weight is 456 g/mol. The van der Waals surface area contributed by atoms with Crippen LogP contribution in [0.15, 0.2) is 52.2 Å². The van der Waals surface area contributed by atoms with Crippen molar-refractivity contribution in [3.05, 3.63) is 68.9 Å². The molecule has 0 bridgehead atoms. The molecule has 0 fully saturated rings. The first-order valence-corrected chi connectivity index (χ1v) is 10.8. The van der Waals surface area contributed by atoms with Gasteiger partial charge in [-0.2, -0.15) is 0 Å². The van der Waals surface area contributed by atoms with Crippen molar-refractivity contribution in [3.63, 3.8) is 0 Å². The zero-order chi connectivity index (χ0) is 20.8. The number of benzene rings is 2. The number of esters is 1. The largest absolute Gasteiger partial charge is 0.461 e. The summed E-state index contributed by atoms with van der Waals surface area (Å²) in [6.45, 7) is 8.50. The van der Waals surface area contributed by atoms with E-state index in [-0.39, 0.29) is 11.9 Å². The Kier molecular flexibility index (Phi) is 5.19. The number of hydrogen-bond acceptors (Lipinski definition) is 4. The first kappa shape index (κ1) is 20.0. The molecule has 2 heterocycles. The van der Waals surface area contributed by atoms with Crippen LogP contribution >= 0.6 is 15.9 Å². The van der Waals surface area contributed by atoms with Crippen LogP contribution in [-0.4, -0.2) is 18.1 Å². The second kappa shape index (κ2) is 7.52. The highest BCUT2D eigenvalue weighted by atomic mass is 79.9. The molecule has 152 valence electrons. The molecule has 0 spiro atoms. The highest BCUT2D eigenvalue weighted by molar-refractivity contribution is 9.10. The lowest BCUT2D eigenvalue weighted by Gasteiger charge is -2.31. The lowest BCUT2D eigenvalue weighted by molar-refractivity contribution is -0.150. The van der Waals surface area contributed by atoms with Crippen molar-refractivity contribution in [1.29, 1.82) is 0 Å². The van der Waals surface area contributed by atoms with Crippen molar-refractivity contribution < 1.29 is 14.3 Å². The van der Waals surface area contributed by atoms with Gasteiger partial charge < -0.3 is 14.8 Å². The normalized spacial score (nSPS) is 18.3. The van der Waals surface area contributed by atoms with Gasteiger partial charge in [0.2, 0.25) is 0 Å². The Hall–Kier alpha value is -2.27. The predicted molar refractivity (Wildman–Crippen MR) is 118 cm³/mol. The van der Waals surface area contributed by atoms with Crippen LogP contribution in [0.2, 0.25) is 0 Å². The molecular weight excluding hydrogens is 430 g/mol. The second-order valence-corrected chi connectivity index (χ2v) is 9.55. The third-order valence-electron chi connectivity index (χ3n) is 5.23. The maximum absolute atomic E-state index is 13.2. The molecule has 0 saturated carbocycles. The molecule has 2 aromatic rings.